The van der Waals surface area contributed by atoms with Crippen LogP contribution >= 0.6 is 11.6 Å². The van der Waals surface area contributed by atoms with E-state index in [9.17, 15) is 23.6 Å². The van der Waals surface area contributed by atoms with Crippen LogP contribution in [0.2, 0.25) is 5.02 Å². The smallest absolute Gasteiger partial charge is 0.419 e. The molecule has 0 bridgehead atoms. The van der Waals surface area contributed by atoms with Crippen LogP contribution in [0.4, 0.5) is 9.18 Å². The van der Waals surface area contributed by atoms with Crippen LogP contribution in [-0.2, 0) is 19.1 Å². The van der Waals surface area contributed by atoms with Gasteiger partial charge in [-0.2, -0.15) is 0 Å². The van der Waals surface area contributed by atoms with Crippen molar-refractivity contribution in [3.63, 3.8) is 0 Å². The van der Waals surface area contributed by atoms with E-state index in [2.05, 4.69) is 5.32 Å². The van der Waals surface area contributed by atoms with Crippen molar-refractivity contribution in [2.75, 3.05) is 6.67 Å². The third-order valence-electron chi connectivity index (χ3n) is 5.13. The first kappa shape index (κ1) is 24.2. The van der Waals surface area contributed by atoms with Crippen LogP contribution < -0.4 is 5.32 Å². The quantitative estimate of drug-likeness (QED) is 0.508. The number of nitrogens with one attached hydrogen (secondary N) is 1. The summed E-state index contributed by atoms with van der Waals surface area (Å²) < 4.78 is 19.6. The summed E-state index contributed by atoms with van der Waals surface area (Å²) in [5, 5.41) is 13.1. The molecule has 2 atom stereocenters. The van der Waals surface area contributed by atoms with E-state index in [0.29, 0.717) is 16.1 Å². The van der Waals surface area contributed by atoms with E-state index in [0.717, 1.165) is 10.8 Å². The maximum Gasteiger partial charge on any atom is 0.419 e. The van der Waals surface area contributed by atoms with Crippen molar-refractivity contribution in [3.05, 3.63) is 47.5 Å². The molecule has 1 amide bonds. The fourth-order valence-electron chi connectivity index (χ4n) is 3.56. The molecule has 33 heavy (non-hydrogen) atoms. The molecule has 0 radical (unpaired) electrons. The summed E-state index contributed by atoms with van der Waals surface area (Å²) >= 11 is 6.13. The van der Waals surface area contributed by atoms with Crippen LogP contribution in [0, 0.1) is 5.92 Å². The number of halogens is 2. The molecule has 1 unspecified atom stereocenters. The van der Waals surface area contributed by atoms with Gasteiger partial charge in [0, 0.05) is 15.8 Å². The highest BCUT2D eigenvalue weighted by atomic mass is 35.5. The first-order chi connectivity index (χ1) is 15.6. The number of carbonyl (C=O) groups excluding carboxylic acids is 3. The number of hydrogen-bond acceptors (Lipinski definition) is 5. The average Bonchev–Trinajstić information content (AvgIpc) is 3.09. The lowest BCUT2D eigenvalue weighted by molar-refractivity contribution is -0.141. The molecular weight excluding hydrogens is 455 g/mol. The second-order valence-electron chi connectivity index (χ2n) is 7.82. The van der Waals surface area contributed by atoms with Crippen molar-refractivity contribution in [1.82, 2.24) is 9.88 Å². The van der Waals surface area contributed by atoms with Gasteiger partial charge in [-0.15, -0.1) is 0 Å². The molecule has 0 spiro atoms. The molecule has 2 aromatic carbocycles. The Hall–Kier alpha value is -3.46. The van der Waals surface area contributed by atoms with Gasteiger partial charge in [0.15, 0.2) is 11.9 Å². The van der Waals surface area contributed by atoms with Gasteiger partial charge < -0.3 is 15.2 Å². The monoisotopic (exact) mass is 476 g/mol. The minimum absolute atomic E-state index is 0.402. The molecule has 0 aliphatic rings. The van der Waals surface area contributed by atoms with Crippen molar-refractivity contribution >= 4 is 57.2 Å². The molecule has 10 heteroatoms. The minimum atomic E-state index is -1.58. The van der Waals surface area contributed by atoms with E-state index >= 15 is 0 Å². The van der Waals surface area contributed by atoms with E-state index in [1.54, 1.807) is 44.2 Å². The zero-order chi connectivity index (χ0) is 24.3. The van der Waals surface area contributed by atoms with E-state index in [1.165, 1.54) is 4.57 Å². The van der Waals surface area contributed by atoms with E-state index < -0.39 is 54.9 Å². The molecule has 174 valence electrons. The van der Waals surface area contributed by atoms with Gasteiger partial charge in [0.1, 0.15) is 12.7 Å². The van der Waals surface area contributed by atoms with Crippen molar-refractivity contribution in [1.29, 1.82) is 0 Å². The SMILES string of the molecule is CC(C)[C@H](OC(=O)n1c2ccccc2c2ccc(Cl)cc21)C(=O)NC(CC(=O)O)C(=O)CF. The molecule has 1 aromatic heterocycles. The lowest BCUT2D eigenvalue weighted by Gasteiger charge is -2.23. The number of carboxylic acids is 1. The number of nitrogens with zero attached hydrogens (tertiary/aromatic N) is 1. The third kappa shape index (κ3) is 5.14. The Bertz CT molecular complexity index is 1240. The number of Topliss-reactive ketones (excluding diaryl/α,β-unsaturated/α-hetero) is 1. The van der Waals surface area contributed by atoms with Gasteiger partial charge in [-0.1, -0.05) is 49.7 Å². The molecule has 0 fully saturated rings. The molecule has 0 saturated carbocycles. The first-order valence-electron chi connectivity index (χ1n) is 10.1. The Morgan fingerprint density at radius 2 is 1.76 bits per heavy atom. The van der Waals surface area contributed by atoms with E-state index in [1.807, 2.05) is 12.1 Å². The Morgan fingerprint density at radius 3 is 2.39 bits per heavy atom. The number of ether oxygens (including phenoxy) is 1. The zero-order valence-electron chi connectivity index (χ0n) is 17.9. The number of para-hydroxylation sites is 1. The number of ketones is 1. The summed E-state index contributed by atoms with van der Waals surface area (Å²) in [7, 11) is 0. The van der Waals surface area contributed by atoms with Gasteiger partial charge in [0.25, 0.3) is 5.91 Å². The molecule has 1 heterocycles. The largest absolute Gasteiger partial charge is 0.481 e. The van der Waals surface area contributed by atoms with Crippen LogP contribution in [0.1, 0.15) is 20.3 Å². The first-order valence-corrected chi connectivity index (χ1v) is 10.5. The van der Waals surface area contributed by atoms with Crippen LogP contribution in [0.3, 0.4) is 0 Å². The van der Waals surface area contributed by atoms with Crippen LogP contribution in [0.25, 0.3) is 21.8 Å². The van der Waals surface area contributed by atoms with Gasteiger partial charge >= 0.3 is 12.1 Å². The predicted octanol–water partition coefficient (Wildman–Crippen LogP) is 3.96. The van der Waals surface area contributed by atoms with Crippen molar-refractivity contribution in [2.45, 2.75) is 32.4 Å². The zero-order valence-corrected chi connectivity index (χ0v) is 18.6. The van der Waals surface area contributed by atoms with Gasteiger partial charge in [-0.3, -0.25) is 14.4 Å². The topological polar surface area (TPSA) is 115 Å². The molecular formula is C23H22ClFN2O6. The van der Waals surface area contributed by atoms with E-state index in [4.69, 9.17) is 21.4 Å². The summed E-state index contributed by atoms with van der Waals surface area (Å²) in [4.78, 5) is 48.7. The Labute approximate surface area is 193 Å². The van der Waals surface area contributed by atoms with Gasteiger partial charge in [-0.25, -0.2) is 13.8 Å². The molecule has 0 saturated heterocycles. The molecule has 0 aliphatic carbocycles. The van der Waals surface area contributed by atoms with Crippen molar-refractivity contribution < 1.29 is 33.4 Å². The fraction of sp³-hybridized carbons (Fsp3) is 0.304. The highest BCUT2D eigenvalue weighted by Crippen LogP contribution is 2.31. The maximum atomic E-state index is 13.2. The maximum absolute atomic E-state index is 13.2. The number of hydrogen-bond donors (Lipinski definition) is 2. The normalized spacial score (nSPS) is 13.1. The Kier molecular flexibility index (Phi) is 7.33. The highest BCUT2D eigenvalue weighted by Gasteiger charge is 2.32. The third-order valence-corrected chi connectivity index (χ3v) is 5.36. The molecule has 2 N–H and O–H groups in total. The summed E-state index contributed by atoms with van der Waals surface area (Å²) in [5.74, 6) is -3.90. The highest BCUT2D eigenvalue weighted by molar-refractivity contribution is 6.31. The van der Waals surface area contributed by atoms with Gasteiger partial charge in [-0.05, 0) is 24.1 Å². The standard InChI is InChI=1S/C23H22ClFN2O6/c1-12(2)21(22(31)26-16(10-20(29)30)19(28)11-25)33-23(32)27-17-6-4-3-5-14(17)15-8-7-13(24)9-18(15)27/h3-9,12,16,21H,10-11H2,1-2H3,(H,26,31)(H,29,30)/t16?,21-/m0/s1. The summed E-state index contributed by atoms with van der Waals surface area (Å²) in [6.45, 7) is 1.79. The van der Waals surface area contributed by atoms with Crippen LogP contribution in [0.15, 0.2) is 42.5 Å². The lowest BCUT2D eigenvalue weighted by Crippen LogP contribution is -2.49. The van der Waals surface area contributed by atoms with Gasteiger partial charge in [0.2, 0.25) is 0 Å². The number of aromatic nitrogens is 1. The van der Waals surface area contributed by atoms with Crippen LogP contribution in [0.5, 0.6) is 0 Å². The molecule has 3 rings (SSSR count). The van der Waals surface area contributed by atoms with Gasteiger partial charge in [0.05, 0.1) is 17.5 Å². The molecule has 3 aromatic rings. The Balaban J connectivity index is 1.94. The number of aliphatic carboxylic acids is 1. The number of amides is 1. The number of fused-ring (bicyclic) bond motifs is 3. The fourth-order valence-corrected chi connectivity index (χ4v) is 3.73. The molecule has 0 aliphatic heterocycles. The van der Waals surface area contributed by atoms with Crippen molar-refractivity contribution in [2.24, 2.45) is 5.92 Å². The van der Waals surface area contributed by atoms with E-state index in [-0.39, 0.29) is 0 Å². The second-order valence-corrected chi connectivity index (χ2v) is 8.26. The number of carbonyl (C=O) groups is 4. The number of benzene rings is 2. The number of carboxylic acid groups (broad SMARTS) is 1. The molecule has 8 nitrogen and oxygen atoms in total. The minimum Gasteiger partial charge on any atom is -0.481 e. The predicted molar refractivity (Wildman–Crippen MR) is 120 cm³/mol. The summed E-state index contributed by atoms with van der Waals surface area (Å²) in [6, 6.07) is 10.6. The number of alkyl halides is 1. The average molecular weight is 477 g/mol. The van der Waals surface area contributed by atoms with Crippen LogP contribution in [-0.4, -0.2) is 52.2 Å². The lowest BCUT2D eigenvalue weighted by atomic mass is 10.0. The number of rotatable bonds is 8. The Morgan fingerprint density at radius 1 is 1.09 bits per heavy atom. The summed E-state index contributed by atoms with van der Waals surface area (Å²) in [6.07, 6.45) is -3.01. The van der Waals surface area contributed by atoms with Crippen molar-refractivity contribution in [3.8, 4) is 0 Å². The second kappa shape index (κ2) is 9.99. The summed E-state index contributed by atoms with van der Waals surface area (Å²) in [5.41, 5.74) is 1.02.